The van der Waals surface area contributed by atoms with E-state index < -0.39 is 17.3 Å². The minimum atomic E-state index is -4.33. The van der Waals surface area contributed by atoms with Crippen molar-refractivity contribution in [2.75, 3.05) is 0 Å². The lowest BCUT2D eigenvalue weighted by Crippen LogP contribution is -2.33. The van der Waals surface area contributed by atoms with E-state index >= 15 is 0 Å². The van der Waals surface area contributed by atoms with Crippen molar-refractivity contribution in [3.63, 3.8) is 0 Å². The summed E-state index contributed by atoms with van der Waals surface area (Å²) < 4.78 is 38.5. The van der Waals surface area contributed by atoms with Crippen LogP contribution >= 0.6 is 15.9 Å². The summed E-state index contributed by atoms with van der Waals surface area (Å²) in [5, 5.41) is 0. The highest BCUT2D eigenvalue weighted by Gasteiger charge is 2.36. The van der Waals surface area contributed by atoms with E-state index in [4.69, 9.17) is 5.73 Å². The predicted molar refractivity (Wildman–Crippen MR) is 63.5 cm³/mol. The van der Waals surface area contributed by atoms with E-state index in [0.717, 1.165) is 31.7 Å². The largest absolute Gasteiger partial charge is 0.416 e. The normalized spacial score (nSPS) is 19.6. The molecule has 0 aliphatic heterocycles. The van der Waals surface area contributed by atoms with Gasteiger partial charge < -0.3 is 5.73 Å². The molecule has 0 saturated heterocycles. The summed E-state index contributed by atoms with van der Waals surface area (Å²) in [6.07, 6.45) is -0.871. The van der Waals surface area contributed by atoms with Gasteiger partial charge in [0.15, 0.2) is 0 Å². The first-order valence-electron chi connectivity index (χ1n) is 5.48. The van der Waals surface area contributed by atoms with Crippen LogP contribution in [-0.2, 0) is 11.7 Å². The molecule has 2 rings (SSSR count). The Kier molecular flexibility index (Phi) is 3.25. The molecular formula is C12H13BrF3N. The molecule has 1 nitrogen and oxygen atoms in total. The molecule has 0 unspecified atom stereocenters. The summed E-state index contributed by atoms with van der Waals surface area (Å²) in [5.41, 5.74) is 5.52. The maximum absolute atomic E-state index is 12.7. The Bertz CT molecular complexity index is 422. The van der Waals surface area contributed by atoms with E-state index in [1.165, 1.54) is 6.07 Å². The van der Waals surface area contributed by atoms with Crippen molar-refractivity contribution in [2.45, 2.75) is 37.4 Å². The molecule has 0 aromatic heterocycles. The van der Waals surface area contributed by atoms with Crippen molar-refractivity contribution in [1.82, 2.24) is 0 Å². The third kappa shape index (κ3) is 2.65. The smallest absolute Gasteiger partial charge is 0.321 e. The molecule has 17 heavy (non-hydrogen) atoms. The number of hydrogen-bond donors (Lipinski definition) is 1. The van der Waals surface area contributed by atoms with Gasteiger partial charge in [-0.2, -0.15) is 13.2 Å². The Balaban J connectivity index is 2.45. The first kappa shape index (κ1) is 12.9. The average Bonchev–Trinajstić information content (AvgIpc) is 2.64. The fraction of sp³-hybridized carbons (Fsp3) is 0.500. The lowest BCUT2D eigenvalue weighted by atomic mass is 9.88. The molecule has 0 radical (unpaired) electrons. The molecule has 0 amide bonds. The molecule has 5 heteroatoms. The highest BCUT2D eigenvalue weighted by atomic mass is 79.9. The van der Waals surface area contributed by atoms with E-state index in [2.05, 4.69) is 15.9 Å². The van der Waals surface area contributed by atoms with Gasteiger partial charge in [0.05, 0.1) is 5.56 Å². The molecule has 1 aromatic rings. The second-order valence-electron chi connectivity index (χ2n) is 4.59. The minimum absolute atomic E-state index is 0.430. The van der Waals surface area contributed by atoms with Gasteiger partial charge in [0.25, 0.3) is 0 Å². The van der Waals surface area contributed by atoms with E-state index in [-0.39, 0.29) is 0 Å². The van der Waals surface area contributed by atoms with E-state index in [0.29, 0.717) is 10.0 Å². The van der Waals surface area contributed by atoms with Gasteiger partial charge in [0, 0.05) is 10.0 Å². The van der Waals surface area contributed by atoms with Crippen molar-refractivity contribution >= 4 is 15.9 Å². The number of hydrogen-bond acceptors (Lipinski definition) is 1. The monoisotopic (exact) mass is 307 g/mol. The molecular weight excluding hydrogens is 295 g/mol. The van der Waals surface area contributed by atoms with E-state index in [1.807, 2.05) is 0 Å². The highest BCUT2D eigenvalue weighted by molar-refractivity contribution is 9.10. The van der Waals surface area contributed by atoms with Crippen LogP contribution in [0.25, 0.3) is 0 Å². The van der Waals surface area contributed by atoms with Gasteiger partial charge in [-0.1, -0.05) is 28.8 Å². The summed E-state index contributed by atoms with van der Waals surface area (Å²) >= 11 is 3.12. The Morgan fingerprint density at radius 3 is 2.24 bits per heavy atom. The van der Waals surface area contributed by atoms with Crippen LogP contribution in [0.3, 0.4) is 0 Å². The number of rotatable bonds is 1. The van der Waals surface area contributed by atoms with Gasteiger partial charge in [0.2, 0.25) is 0 Å². The molecule has 2 N–H and O–H groups in total. The third-order valence-electron chi connectivity index (χ3n) is 3.30. The number of halogens is 4. The first-order chi connectivity index (χ1) is 7.81. The molecule has 94 valence electrons. The van der Waals surface area contributed by atoms with Crippen LogP contribution in [-0.4, -0.2) is 0 Å². The molecule has 1 aliphatic rings. The van der Waals surface area contributed by atoms with Gasteiger partial charge in [-0.15, -0.1) is 0 Å². The summed E-state index contributed by atoms with van der Waals surface area (Å²) in [5.74, 6) is 0. The Morgan fingerprint density at radius 2 is 1.71 bits per heavy atom. The van der Waals surface area contributed by atoms with Crippen molar-refractivity contribution in [3.05, 3.63) is 33.8 Å². The van der Waals surface area contributed by atoms with Crippen molar-refractivity contribution < 1.29 is 13.2 Å². The van der Waals surface area contributed by atoms with E-state index in [9.17, 15) is 13.2 Å². The molecule has 0 spiro atoms. The third-order valence-corrected chi connectivity index (χ3v) is 3.75. The molecule has 0 heterocycles. The first-order valence-corrected chi connectivity index (χ1v) is 6.28. The molecule has 1 saturated carbocycles. The average molecular weight is 308 g/mol. The molecule has 0 atom stereocenters. The van der Waals surface area contributed by atoms with Crippen molar-refractivity contribution in [3.8, 4) is 0 Å². The number of alkyl halides is 3. The van der Waals surface area contributed by atoms with Crippen LogP contribution in [0.4, 0.5) is 13.2 Å². The Hall–Kier alpha value is -0.550. The Labute approximate surface area is 106 Å². The lowest BCUT2D eigenvalue weighted by molar-refractivity contribution is -0.137. The van der Waals surface area contributed by atoms with Crippen LogP contribution < -0.4 is 5.73 Å². The minimum Gasteiger partial charge on any atom is -0.321 e. The summed E-state index contributed by atoms with van der Waals surface area (Å²) in [4.78, 5) is 0. The zero-order chi connectivity index (χ0) is 12.7. The van der Waals surface area contributed by atoms with Gasteiger partial charge in [-0.25, -0.2) is 0 Å². The summed E-state index contributed by atoms with van der Waals surface area (Å²) in [6.45, 7) is 0. The van der Waals surface area contributed by atoms with E-state index in [1.54, 1.807) is 6.07 Å². The fourth-order valence-corrected chi connectivity index (χ4v) is 2.83. The summed E-state index contributed by atoms with van der Waals surface area (Å²) in [7, 11) is 0. The van der Waals surface area contributed by atoms with Gasteiger partial charge in [-0.3, -0.25) is 0 Å². The molecule has 1 aromatic carbocycles. The second kappa shape index (κ2) is 4.28. The standard InChI is InChI=1S/C12H13BrF3N/c13-10-6-8(11(17)3-1-2-4-11)5-9(7-10)12(14,15)16/h5-7H,1-4,17H2. The van der Waals surface area contributed by atoms with Crippen LogP contribution in [0, 0.1) is 0 Å². The van der Waals surface area contributed by atoms with Crippen LogP contribution in [0.2, 0.25) is 0 Å². The van der Waals surface area contributed by atoms with Gasteiger partial charge in [0.1, 0.15) is 0 Å². The Morgan fingerprint density at radius 1 is 1.12 bits per heavy atom. The fourth-order valence-electron chi connectivity index (χ4n) is 2.34. The maximum Gasteiger partial charge on any atom is 0.416 e. The van der Waals surface area contributed by atoms with Crippen molar-refractivity contribution in [2.24, 2.45) is 5.73 Å². The quantitative estimate of drug-likeness (QED) is 0.827. The zero-order valence-corrected chi connectivity index (χ0v) is 10.7. The lowest BCUT2D eigenvalue weighted by Gasteiger charge is -2.25. The predicted octanol–water partition coefficient (Wildman–Crippen LogP) is 4.20. The van der Waals surface area contributed by atoms with Crippen molar-refractivity contribution in [1.29, 1.82) is 0 Å². The number of nitrogens with two attached hydrogens (primary N) is 1. The van der Waals surface area contributed by atoms with Crippen LogP contribution in [0.15, 0.2) is 22.7 Å². The second-order valence-corrected chi connectivity index (χ2v) is 5.51. The van der Waals surface area contributed by atoms with Crippen LogP contribution in [0.1, 0.15) is 36.8 Å². The SMILES string of the molecule is NC1(c2cc(Br)cc(C(F)(F)F)c2)CCCC1. The maximum atomic E-state index is 12.7. The molecule has 1 fully saturated rings. The molecule has 0 bridgehead atoms. The highest BCUT2D eigenvalue weighted by Crippen LogP contribution is 2.40. The number of benzene rings is 1. The summed E-state index contributed by atoms with van der Waals surface area (Å²) in [6, 6.07) is 3.96. The topological polar surface area (TPSA) is 26.0 Å². The zero-order valence-electron chi connectivity index (χ0n) is 9.15. The van der Waals surface area contributed by atoms with Crippen LogP contribution in [0.5, 0.6) is 0 Å². The molecule has 1 aliphatic carbocycles. The van der Waals surface area contributed by atoms with Gasteiger partial charge >= 0.3 is 6.18 Å². The van der Waals surface area contributed by atoms with Gasteiger partial charge in [-0.05, 0) is 36.6 Å².